The second kappa shape index (κ2) is 5.75. The molecule has 1 N–H and O–H groups in total. The van der Waals surface area contributed by atoms with Crippen LogP contribution >= 0.6 is 0 Å². The van der Waals surface area contributed by atoms with Gasteiger partial charge in [-0.2, -0.15) is 0 Å². The van der Waals surface area contributed by atoms with Gasteiger partial charge in [-0.15, -0.1) is 0 Å². The second-order valence-electron chi connectivity index (χ2n) is 5.65. The smallest absolute Gasteiger partial charge is 0.105 e. The van der Waals surface area contributed by atoms with Crippen LogP contribution in [0.1, 0.15) is 17.2 Å². The molecule has 2 nitrogen and oxygen atoms in total. The lowest BCUT2D eigenvalue weighted by Crippen LogP contribution is -2.01. The summed E-state index contributed by atoms with van der Waals surface area (Å²) in [5.41, 5.74) is 2.93. The lowest BCUT2D eigenvalue weighted by atomic mass is 9.96. The highest BCUT2D eigenvalue weighted by Gasteiger charge is 2.13. The van der Waals surface area contributed by atoms with Crippen LogP contribution in [0.5, 0.6) is 0 Å². The highest BCUT2D eigenvalue weighted by atomic mass is 16.3. The first-order valence-electron chi connectivity index (χ1n) is 7.72. The van der Waals surface area contributed by atoms with Crippen LogP contribution in [-0.4, -0.2) is 9.67 Å². The fourth-order valence-electron chi connectivity index (χ4n) is 3.00. The molecule has 4 rings (SSSR count). The molecule has 112 valence electrons. The molecule has 1 heterocycles. The fraction of sp³-hybridized carbons (Fsp3) is 0.0476. The Morgan fingerprint density at radius 3 is 2.17 bits per heavy atom. The lowest BCUT2D eigenvalue weighted by molar-refractivity contribution is 0.222. The zero-order valence-corrected chi connectivity index (χ0v) is 12.6. The summed E-state index contributed by atoms with van der Waals surface area (Å²) < 4.78 is 2.05. The van der Waals surface area contributed by atoms with Gasteiger partial charge in [0.2, 0.25) is 0 Å². The van der Waals surface area contributed by atoms with Gasteiger partial charge in [0.15, 0.2) is 0 Å². The third kappa shape index (κ3) is 2.54. The number of aliphatic hydroxyl groups is 1. The third-order valence-corrected chi connectivity index (χ3v) is 4.23. The van der Waals surface area contributed by atoms with Crippen molar-refractivity contribution in [1.29, 1.82) is 0 Å². The van der Waals surface area contributed by atoms with Gasteiger partial charge in [0.25, 0.3) is 0 Å². The Hall–Kier alpha value is -2.84. The lowest BCUT2D eigenvalue weighted by Gasteiger charge is -2.15. The molecule has 3 aromatic carbocycles. The maximum absolute atomic E-state index is 10.8. The van der Waals surface area contributed by atoms with Gasteiger partial charge in [0.1, 0.15) is 6.10 Å². The first-order valence-corrected chi connectivity index (χ1v) is 7.72. The molecule has 1 atom stereocenters. The molecular weight excluding hydrogens is 282 g/mol. The van der Waals surface area contributed by atoms with Gasteiger partial charge in [-0.05, 0) is 46.2 Å². The van der Waals surface area contributed by atoms with Crippen LogP contribution in [0.3, 0.4) is 0 Å². The molecule has 0 bridgehead atoms. The van der Waals surface area contributed by atoms with Crippen molar-refractivity contribution in [2.75, 3.05) is 0 Å². The number of benzene rings is 3. The molecule has 0 saturated carbocycles. The Morgan fingerprint density at radius 2 is 1.39 bits per heavy atom. The summed E-state index contributed by atoms with van der Waals surface area (Å²) in [6.07, 6.45) is 3.39. The van der Waals surface area contributed by atoms with E-state index in [0.717, 1.165) is 27.6 Å². The number of aromatic nitrogens is 1. The Morgan fingerprint density at radius 1 is 0.696 bits per heavy atom. The Kier molecular flexibility index (Phi) is 3.45. The molecule has 0 fully saturated rings. The van der Waals surface area contributed by atoms with Crippen molar-refractivity contribution in [2.45, 2.75) is 6.10 Å². The number of fused-ring (bicyclic) bond motifs is 1. The van der Waals surface area contributed by atoms with Gasteiger partial charge in [-0.3, -0.25) is 0 Å². The average Bonchev–Trinajstić information content (AvgIpc) is 3.15. The molecule has 1 unspecified atom stereocenters. The fourth-order valence-corrected chi connectivity index (χ4v) is 3.00. The van der Waals surface area contributed by atoms with Crippen molar-refractivity contribution >= 4 is 10.8 Å². The monoisotopic (exact) mass is 299 g/mol. The van der Waals surface area contributed by atoms with Crippen molar-refractivity contribution in [3.63, 3.8) is 0 Å². The number of nitrogens with zero attached hydrogens (tertiary/aromatic N) is 1. The van der Waals surface area contributed by atoms with Crippen molar-refractivity contribution in [3.05, 3.63) is 102 Å². The number of aliphatic hydroxyl groups excluding tert-OH is 1. The topological polar surface area (TPSA) is 25.2 Å². The molecule has 0 amide bonds. The standard InChI is InChI=1S/C21H17NO/c23-21(20-9-5-7-16-6-1-2-8-19(16)20)17-10-12-18(13-11-17)22-14-3-4-15-22/h1-15,21,23H. The SMILES string of the molecule is OC(c1ccc(-n2cccc2)cc1)c1cccc2ccccc12. The van der Waals surface area contributed by atoms with Gasteiger partial charge < -0.3 is 9.67 Å². The van der Waals surface area contributed by atoms with Crippen LogP contribution in [0.2, 0.25) is 0 Å². The summed E-state index contributed by atoms with van der Waals surface area (Å²) in [6.45, 7) is 0. The van der Waals surface area contributed by atoms with E-state index in [1.165, 1.54) is 0 Å². The average molecular weight is 299 g/mol. The van der Waals surface area contributed by atoms with Gasteiger partial charge in [0.05, 0.1) is 0 Å². The predicted molar refractivity (Wildman–Crippen MR) is 93.8 cm³/mol. The van der Waals surface area contributed by atoms with Crippen LogP contribution in [0.15, 0.2) is 91.3 Å². The summed E-state index contributed by atoms with van der Waals surface area (Å²) in [7, 11) is 0. The summed E-state index contributed by atoms with van der Waals surface area (Å²) in [5, 5.41) is 13.0. The van der Waals surface area contributed by atoms with E-state index in [0.29, 0.717) is 0 Å². The predicted octanol–water partition coefficient (Wildman–Crippen LogP) is 4.71. The largest absolute Gasteiger partial charge is 0.384 e. The van der Waals surface area contributed by atoms with Crippen molar-refractivity contribution < 1.29 is 5.11 Å². The van der Waals surface area contributed by atoms with E-state index in [1.54, 1.807) is 0 Å². The van der Waals surface area contributed by atoms with Gasteiger partial charge in [-0.1, -0.05) is 54.6 Å². The third-order valence-electron chi connectivity index (χ3n) is 4.23. The number of hydrogen-bond donors (Lipinski definition) is 1. The molecule has 23 heavy (non-hydrogen) atoms. The molecule has 0 aliphatic rings. The minimum atomic E-state index is -0.625. The second-order valence-corrected chi connectivity index (χ2v) is 5.65. The Bertz CT molecular complexity index is 918. The molecular formula is C21H17NO. The zero-order chi connectivity index (χ0) is 15.6. The van der Waals surface area contributed by atoms with Crippen LogP contribution in [-0.2, 0) is 0 Å². The molecule has 4 aromatic rings. The molecule has 0 radical (unpaired) electrons. The molecule has 0 aliphatic heterocycles. The van der Waals surface area contributed by atoms with E-state index in [-0.39, 0.29) is 0 Å². The maximum atomic E-state index is 10.8. The van der Waals surface area contributed by atoms with E-state index in [2.05, 4.69) is 18.2 Å². The first kappa shape index (κ1) is 13.8. The summed E-state index contributed by atoms with van der Waals surface area (Å²) in [5.74, 6) is 0. The van der Waals surface area contributed by atoms with E-state index < -0.39 is 6.10 Å². The van der Waals surface area contributed by atoms with Gasteiger partial charge in [-0.25, -0.2) is 0 Å². The normalized spacial score (nSPS) is 12.4. The van der Waals surface area contributed by atoms with E-state index in [1.807, 2.05) is 77.6 Å². The number of rotatable bonds is 3. The quantitative estimate of drug-likeness (QED) is 0.582. The Balaban J connectivity index is 1.72. The highest BCUT2D eigenvalue weighted by molar-refractivity contribution is 5.86. The van der Waals surface area contributed by atoms with Crippen LogP contribution in [0, 0.1) is 0 Å². The van der Waals surface area contributed by atoms with Crippen molar-refractivity contribution in [1.82, 2.24) is 4.57 Å². The summed E-state index contributed by atoms with van der Waals surface area (Å²) >= 11 is 0. The summed E-state index contributed by atoms with van der Waals surface area (Å²) in [4.78, 5) is 0. The zero-order valence-electron chi connectivity index (χ0n) is 12.6. The molecule has 0 saturated heterocycles. The van der Waals surface area contributed by atoms with Crippen molar-refractivity contribution in [3.8, 4) is 5.69 Å². The Labute approximate surface area is 135 Å². The van der Waals surface area contributed by atoms with E-state index in [4.69, 9.17) is 0 Å². The highest BCUT2D eigenvalue weighted by Crippen LogP contribution is 2.29. The minimum Gasteiger partial charge on any atom is -0.384 e. The minimum absolute atomic E-state index is 0.625. The van der Waals surface area contributed by atoms with Crippen LogP contribution in [0.25, 0.3) is 16.5 Å². The molecule has 1 aromatic heterocycles. The molecule has 0 spiro atoms. The summed E-state index contributed by atoms with van der Waals surface area (Å²) in [6, 6.07) is 26.2. The van der Waals surface area contributed by atoms with Gasteiger partial charge in [0, 0.05) is 18.1 Å². The number of hydrogen-bond acceptors (Lipinski definition) is 1. The molecule has 0 aliphatic carbocycles. The van der Waals surface area contributed by atoms with E-state index in [9.17, 15) is 5.11 Å². The first-order chi connectivity index (χ1) is 11.3. The van der Waals surface area contributed by atoms with E-state index >= 15 is 0 Å². The molecule has 2 heteroatoms. The van der Waals surface area contributed by atoms with Gasteiger partial charge >= 0.3 is 0 Å². The van der Waals surface area contributed by atoms with Crippen LogP contribution < -0.4 is 0 Å². The van der Waals surface area contributed by atoms with Crippen molar-refractivity contribution in [2.24, 2.45) is 0 Å². The maximum Gasteiger partial charge on any atom is 0.105 e. The van der Waals surface area contributed by atoms with Crippen LogP contribution in [0.4, 0.5) is 0 Å².